The van der Waals surface area contributed by atoms with Crippen LogP contribution in [0, 0.1) is 0 Å². The van der Waals surface area contributed by atoms with Crippen LogP contribution in [-0.2, 0) is 11.3 Å². The van der Waals surface area contributed by atoms with Crippen LogP contribution < -0.4 is 25.5 Å². The molecular weight excluding hydrogens is 476 g/mol. The zero-order chi connectivity index (χ0) is 25.8. The van der Waals surface area contributed by atoms with Gasteiger partial charge in [0.15, 0.2) is 11.5 Å². The topological polar surface area (TPSA) is 92.0 Å². The van der Waals surface area contributed by atoms with E-state index >= 15 is 0 Å². The number of hydrogen-bond donors (Lipinski definition) is 0. The molecule has 1 aromatic heterocycles. The lowest BCUT2D eigenvalue weighted by atomic mass is 10.1. The summed E-state index contributed by atoms with van der Waals surface area (Å²) < 4.78 is 43.7. The molecule has 4 rings (SSSR count). The van der Waals surface area contributed by atoms with Crippen LogP contribution in [0.5, 0.6) is 17.2 Å². The van der Waals surface area contributed by atoms with Gasteiger partial charge in [-0.3, -0.25) is 18.7 Å². The van der Waals surface area contributed by atoms with Crippen molar-refractivity contribution in [3.63, 3.8) is 0 Å². The first kappa shape index (κ1) is 25.2. The van der Waals surface area contributed by atoms with E-state index in [2.05, 4.69) is 0 Å². The molecule has 0 N–H and O–H groups in total. The maximum Gasteiger partial charge on any atom is 0.332 e. The molecule has 2 heterocycles. The highest BCUT2D eigenvalue weighted by Gasteiger charge is 2.25. The lowest BCUT2D eigenvalue weighted by Crippen LogP contribution is -2.45. The maximum absolute atomic E-state index is 13.7. The zero-order valence-electron chi connectivity index (χ0n) is 20.0. The Bertz CT molecular complexity index is 1370. The molecule has 1 fully saturated rings. The Morgan fingerprint density at radius 2 is 1.86 bits per heavy atom. The van der Waals surface area contributed by atoms with Gasteiger partial charge in [-0.25, -0.2) is 13.6 Å². The van der Waals surface area contributed by atoms with E-state index in [0.29, 0.717) is 48.5 Å². The fourth-order valence-corrected chi connectivity index (χ4v) is 4.55. The zero-order valence-corrected chi connectivity index (χ0v) is 20.0. The molecule has 1 aliphatic rings. The van der Waals surface area contributed by atoms with Gasteiger partial charge in [-0.1, -0.05) is 6.07 Å². The number of fused-ring (bicyclic) bond motifs is 1. The van der Waals surface area contributed by atoms with E-state index < -0.39 is 24.3 Å². The molecule has 0 radical (unpaired) electrons. The van der Waals surface area contributed by atoms with Crippen molar-refractivity contribution >= 4 is 17.3 Å². The molecular formula is C25H27F2N3O6. The van der Waals surface area contributed by atoms with Crippen molar-refractivity contribution in [1.29, 1.82) is 0 Å². The molecule has 1 unspecified atom stereocenters. The van der Waals surface area contributed by atoms with Crippen molar-refractivity contribution in [3.8, 4) is 17.2 Å². The maximum atomic E-state index is 13.7. The molecule has 1 saturated heterocycles. The highest BCUT2D eigenvalue weighted by Crippen LogP contribution is 2.28. The number of piperidine rings is 1. The molecule has 9 nitrogen and oxygen atoms in total. The first-order chi connectivity index (χ1) is 17.4. The Kier molecular flexibility index (Phi) is 7.56. The van der Waals surface area contributed by atoms with Crippen LogP contribution in [-0.4, -0.2) is 60.8 Å². The molecule has 192 valence electrons. The summed E-state index contributed by atoms with van der Waals surface area (Å²) in [4.78, 5) is 40.2. The van der Waals surface area contributed by atoms with Crippen LogP contribution in [0.15, 0.2) is 46.0 Å². The van der Waals surface area contributed by atoms with Crippen LogP contribution in [0.1, 0.15) is 24.4 Å². The molecule has 0 spiro atoms. The van der Waals surface area contributed by atoms with E-state index in [1.165, 1.54) is 37.0 Å². The lowest BCUT2D eigenvalue weighted by Gasteiger charge is -2.32. The highest BCUT2D eigenvalue weighted by atomic mass is 19.3. The fourth-order valence-electron chi connectivity index (χ4n) is 4.55. The molecule has 1 amide bonds. The number of benzene rings is 2. The molecule has 11 heteroatoms. The summed E-state index contributed by atoms with van der Waals surface area (Å²) in [6.07, 6.45) is -0.595. The highest BCUT2D eigenvalue weighted by molar-refractivity contribution is 5.80. The second kappa shape index (κ2) is 10.8. The summed E-state index contributed by atoms with van der Waals surface area (Å²) in [5.74, 6) is 1.04. The molecule has 0 saturated carbocycles. The summed E-state index contributed by atoms with van der Waals surface area (Å²) >= 11 is 0. The van der Waals surface area contributed by atoms with Gasteiger partial charge in [0.2, 0.25) is 6.41 Å². The van der Waals surface area contributed by atoms with Crippen molar-refractivity contribution in [2.45, 2.75) is 31.9 Å². The molecule has 0 aliphatic carbocycles. The quantitative estimate of drug-likeness (QED) is 0.417. The van der Waals surface area contributed by atoms with Crippen molar-refractivity contribution in [3.05, 3.63) is 62.8 Å². The summed E-state index contributed by atoms with van der Waals surface area (Å²) in [6, 6.07) is 9.08. The van der Waals surface area contributed by atoms with Gasteiger partial charge in [0, 0.05) is 13.1 Å². The van der Waals surface area contributed by atoms with Crippen molar-refractivity contribution in [2.75, 3.05) is 33.9 Å². The number of rotatable bonds is 9. The van der Waals surface area contributed by atoms with Crippen LogP contribution in [0.3, 0.4) is 0 Å². The van der Waals surface area contributed by atoms with Gasteiger partial charge in [0.1, 0.15) is 12.4 Å². The predicted octanol–water partition coefficient (Wildman–Crippen LogP) is 2.67. The molecule has 1 aliphatic heterocycles. The lowest BCUT2D eigenvalue weighted by molar-refractivity contribution is -0.119. The fraction of sp³-hybridized carbons (Fsp3) is 0.400. The number of alkyl halides is 2. The number of methoxy groups -OCH3 is 2. The number of ether oxygens (including phenoxy) is 3. The SMILES string of the molecule is COc1ccc(Cn2c(=O)c3cc(OCC(F)F)ccc3n(C3CCCN(C=O)C3)c2=O)cc1OC. The standard InChI is InChI=1S/C25H27F2N3O6/c1-34-21-8-5-16(10-22(21)35-2)12-29-24(32)19-11-18(36-14-23(26)27)6-7-20(19)30(25(29)33)17-4-3-9-28(13-17)15-31/h5-8,10-11,15,17,23H,3-4,9,12-14H2,1-2H3. The number of nitrogens with zero attached hydrogens (tertiary/aromatic N) is 3. The average molecular weight is 504 g/mol. The first-order valence-corrected chi connectivity index (χ1v) is 11.5. The van der Waals surface area contributed by atoms with Crippen LogP contribution in [0.25, 0.3) is 10.9 Å². The number of carbonyl (C=O) groups is 1. The summed E-state index contributed by atoms with van der Waals surface area (Å²) in [7, 11) is 2.99. The van der Waals surface area contributed by atoms with Crippen molar-refractivity contribution in [1.82, 2.24) is 14.0 Å². The Morgan fingerprint density at radius 3 is 2.56 bits per heavy atom. The summed E-state index contributed by atoms with van der Waals surface area (Å²) in [5.41, 5.74) is -0.121. The number of likely N-dealkylation sites (tertiary alicyclic amines) is 1. The molecule has 2 aromatic carbocycles. The minimum Gasteiger partial charge on any atom is -0.493 e. The van der Waals surface area contributed by atoms with E-state index in [1.807, 2.05) is 0 Å². The third-order valence-electron chi connectivity index (χ3n) is 6.25. The smallest absolute Gasteiger partial charge is 0.332 e. The van der Waals surface area contributed by atoms with Gasteiger partial charge < -0.3 is 19.1 Å². The minimum absolute atomic E-state index is 0.0554. The van der Waals surface area contributed by atoms with E-state index in [-0.39, 0.29) is 23.7 Å². The van der Waals surface area contributed by atoms with E-state index in [4.69, 9.17) is 14.2 Å². The number of aromatic nitrogens is 2. The third-order valence-corrected chi connectivity index (χ3v) is 6.25. The van der Waals surface area contributed by atoms with Gasteiger partial charge in [0.05, 0.1) is 37.7 Å². The minimum atomic E-state index is -2.67. The van der Waals surface area contributed by atoms with Gasteiger partial charge >= 0.3 is 5.69 Å². The Hall–Kier alpha value is -3.89. The predicted molar refractivity (Wildman–Crippen MR) is 129 cm³/mol. The molecule has 0 bridgehead atoms. The number of amides is 1. The first-order valence-electron chi connectivity index (χ1n) is 11.5. The second-order valence-corrected chi connectivity index (χ2v) is 8.51. The number of carbonyl (C=O) groups excluding carboxylic acids is 1. The van der Waals surface area contributed by atoms with Gasteiger partial charge in [-0.05, 0) is 48.7 Å². The molecule has 36 heavy (non-hydrogen) atoms. The van der Waals surface area contributed by atoms with Crippen molar-refractivity contribution in [2.24, 2.45) is 0 Å². The molecule has 3 aromatic rings. The van der Waals surface area contributed by atoms with Crippen LogP contribution >= 0.6 is 0 Å². The largest absolute Gasteiger partial charge is 0.493 e. The summed E-state index contributed by atoms with van der Waals surface area (Å²) in [6.45, 7) is 0.0301. The summed E-state index contributed by atoms with van der Waals surface area (Å²) in [5, 5.41) is 0.157. The van der Waals surface area contributed by atoms with Gasteiger partial charge in [-0.15, -0.1) is 0 Å². The second-order valence-electron chi connectivity index (χ2n) is 8.51. The van der Waals surface area contributed by atoms with Crippen LogP contribution in [0.2, 0.25) is 0 Å². The van der Waals surface area contributed by atoms with Crippen molar-refractivity contribution < 1.29 is 27.8 Å². The Labute approximate surface area is 205 Å². The Balaban J connectivity index is 1.87. The average Bonchev–Trinajstić information content (AvgIpc) is 2.90. The Morgan fingerprint density at radius 1 is 1.08 bits per heavy atom. The number of halogens is 2. The van der Waals surface area contributed by atoms with Gasteiger partial charge in [-0.2, -0.15) is 0 Å². The van der Waals surface area contributed by atoms with Crippen LogP contribution in [0.4, 0.5) is 8.78 Å². The molecule has 1 atom stereocenters. The van der Waals surface area contributed by atoms with E-state index in [0.717, 1.165) is 11.0 Å². The third kappa shape index (κ3) is 5.05. The van der Waals surface area contributed by atoms with E-state index in [1.54, 1.807) is 23.1 Å². The monoisotopic (exact) mass is 503 g/mol. The number of hydrogen-bond acceptors (Lipinski definition) is 6. The van der Waals surface area contributed by atoms with E-state index in [9.17, 15) is 23.2 Å². The normalized spacial score (nSPS) is 15.8. The van der Waals surface area contributed by atoms with Gasteiger partial charge in [0.25, 0.3) is 12.0 Å².